The van der Waals surface area contributed by atoms with Gasteiger partial charge in [-0.05, 0) is 19.9 Å². The number of hydrogen-bond donors (Lipinski definition) is 1. The molecule has 8 heteroatoms. The van der Waals surface area contributed by atoms with Gasteiger partial charge in [0.25, 0.3) is 5.95 Å². The summed E-state index contributed by atoms with van der Waals surface area (Å²) in [7, 11) is 0. The van der Waals surface area contributed by atoms with Gasteiger partial charge >= 0.3 is 0 Å². The van der Waals surface area contributed by atoms with Crippen LogP contribution in [0.3, 0.4) is 0 Å². The number of aryl methyl sites for hydroxylation is 2. The fourth-order valence-corrected chi connectivity index (χ4v) is 1.78. The Morgan fingerprint density at radius 1 is 1.05 bits per heavy atom. The van der Waals surface area contributed by atoms with E-state index in [1.54, 1.807) is 0 Å². The molecule has 2 aromatic heterocycles. The number of nitrogens with zero attached hydrogens (tertiary/aromatic N) is 6. The minimum absolute atomic E-state index is 0.204. The summed E-state index contributed by atoms with van der Waals surface area (Å²) >= 11 is 0. The van der Waals surface area contributed by atoms with Crippen molar-refractivity contribution < 1.29 is 10.8 Å². The first-order valence-electron chi connectivity index (χ1n) is 6.71. The first-order chi connectivity index (χ1) is 10.6. The quantitative estimate of drug-likeness (QED) is 0.685. The van der Waals surface area contributed by atoms with Crippen LogP contribution in [0.1, 0.15) is 17.0 Å². The van der Waals surface area contributed by atoms with Crippen molar-refractivity contribution in [2.75, 3.05) is 0 Å². The van der Waals surface area contributed by atoms with E-state index in [4.69, 9.17) is 0 Å². The summed E-state index contributed by atoms with van der Waals surface area (Å²) in [6.45, 7) is 4.60. The van der Waals surface area contributed by atoms with Crippen LogP contribution in [0.2, 0.25) is 0 Å². The minimum atomic E-state index is -0.699. The van der Waals surface area contributed by atoms with Crippen LogP contribution >= 0.6 is 0 Å². The van der Waals surface area contributed by atoms with Gasteiger partial charge in [-0.25, -0.2) is 4.68 Å². The zero-order valence-corrected chi connectivity index (χ0v) is 12.5. The lowest BCUT2D eigenvalue weighted by atomic mass is 10.2. The van der Waals surface area contributed by atoms with Gasteiger partial charge in [0.05, 0.1) is 12.2 Å². The van der Waals surface area contributed by atoms with Crippen molar-refractivity contribution in [2.45, 2.75) is 20.4 Å². The zero-order chi connectivity index (χ0) is 15.9. The van der Waals surface area contributed by atoms with Gasteiger partial charge in [0.1, 0.15) is 6.01 Å². The normalized spacial score (nSPS) is 9.95. The molecule has 114 valence electrons. The number of rotatable bonds is 2. The van der Waals surface area contributed by atoms with Crippen molar-refractivity contribution in [1.82, 2.24) is 30.2 Å². The molecule has 3 N–H and O–H groups in total. The Balaban J connectivity index is 0.000000188. The molecule has 0 radical (unpaired) electrons. The van der Waals surface area contributed by atoms with Crippen molar-refractivity contribution in [3.63, 3.8) is 0 Å². The molecule has 3 aromatic rings. The lowest BCUT2D eigenvalue weighted by Gasteiger charge is -2.02. The van der Waals surface area contributed by atoms with E-state index in [-0.39, 0.29) is 5.95 Å². The Morgan fingerprint density at radius 2 is 1.68 bits per heavy atom. The third kappa shape index (κ3) is 4.06. The van der Waals surface area contributed by atoms with Crippen LogP contribution in [-0.2, 0) is 6.54 Å². The van der Waals surface area contributed by atoms with Crippen molar-refractivity contribution in [3.05, 3.63) is 53.3 Å². The van der Waals surface area contributed by atoms with Crippen LogP contribution in [0.4, 0.5) is 0 Å². The van der Waals surface area contributed by atoms with Crippen molar-refractivity contribution in [3.8, 4) is 12.0 Å². The van der Waals surface area contributed by atoms with E-state index in [1.165, 1.54) is 10.2 Å². The second-order valence-electron chi connectivity index (χ2n) is 4.56. The lowest BCUT2D eigenvalue weighted by molar-refractivity contribution is -0.386. The zero-order valence-electron chi connectivity index (χ0n) is 12.5. The molecule has 0 aliphatic carbocycles. The van der Waals surface area contributed by atoms with Gasteiger partial charge < -0.3 is 10.8 Å². The van der Waals surface area contributed by atoms with E-state index < -0.39 is 6.01 Å². The topological polar surface area (TPSA) is 120 Å². The molecule has 0 atom stereocenters. The molecule has 8 nitrogen and oxygen atoms in total. The van der Waals surface area contributed by atoms with Crippen molar-refractivity contribution >= 4 is 0 Å². The Bertz CT molecular complexity index is 710. The Hall–Kier alpha value is -2.87. The van der Waals surface area contributed by atoms with Crippen LogP contribution in [-0.4, -0.2) is 30.2 Å². The number of quaternary nitrogens is 1. The Labute approximate surface area is 127 Å². The predicted octanol–water partition coefficient (Wildman–Crippen LogP) is -0.429. The maximum absolute atomic E-state index is 10.6. The van der Waals surface area contributed by atoms with Crippen LogP contribution < -0.4 is 10.8 Å². The van der Waals surface area contributed by atoms with Gasteiger partial charge in [-0.3, -0.25) is 0 Å². The predicted molar refractivity (Wildman–Crippen MR) is 76.7 cm³/mol. The lowest BCUT2D eigenvalue weighted by Crippen LogP contribution is -2.47. The maximum atomic E-state index is 10.6. The van der Waals surface area contributed by atoms with E-state index >= 15 is 0 Å². The number of aromatic nitrogens is 6. The van der Waals surface area contributed by atoms with Crippen LogP contribution in [0.25, 0.3) is 5.95 Å². The van der Waals surface area contributed by atoms with E-state index in [0.717, 1.165) is 17.9 Å². The largest absolute Gasteiger partial charge is 0.842 e. The highest BCUT2D eigenvalue weighted by Gasteiger charge is 2.06. The fraction of sp³-hybridized carbons (Fsp3) is 0.214. The maximum Gasteiger partial charge on any atom is 0.289 e. The summed E-state index contributed by atoms with van der Waals surface area (Å²) < 4.78 is 1.48. The average Bonchev–Trinajstić information content (AvgIpc) is 2.88. The first kappa shape index (κ1) is 15.5. The summed E-state index contributed by atoms with van der Waals surface area (Å²) in [5.74, 6) is 0.204. The first-order valence-corrected chi connectivity index (χ1v) is 6.71. The highest BCUT2D eigenvalue weighted by atomic mass is 16.3. The molecule has 3 rings (SSSR count). The molecule has 0 saturated heterocycles. The fourth-order valence-electron chi connectivity index (χ4n) is 1.78. The van der Waals surface area contributed by atoms with E-state index in [9.17, 15) is 5.11 Å². The van der Waals surface area contributed by atoms with Gasteiger partial charge in [0.15, 0.2) is 0 Å². The van der Waals surface area contributed by atoms with E-state index in [2.05, 4.69) is 43.4 Å². The molecular formula is C14H17N7O. The van der Waals surface area contributed by atoms with Gasteiger partial charge in [-0.2, -0.15) is 5.10 Å². The minimum Gasteiger partial charge on any atom is -0.842 e. The summed E-state index contributed by atoms with van der Waals surface area (Å²) in [5, 5.41) is 28.4. The molecule has 0 fully saturated rings. The summed E-state index contributed by atoms with van der Waals surface area (Å²) in [6, 6.07) is 11.4. The Morgan fingerprint density at radius 3 is 2.14 bits per heavy atom. The van der Waals surface area contributed by atoms with Crippen LogP contribution in [0, 0.1) is 13.8 Å². The Kier molecular flexibility index (Phi) is 5.10. The SMILES string of the molecule is Cc1cc(C)n(-c2nnc([O-])nn2)n1.[NH3+]Cc1ccccc1. The number of benzene rings is 1. The van der Waals surface area contributed by atoms with Gasteiger partial charge in [-0.1, -0.05) is 30.3 Å². The van der Waals surface area contributed by atoms with Crippen molar-refractivity contribution in [2.24, 2.45) is 0 Å². The molecule has 22 heavy (non-hydrogen) atoms. The highest BCUT2D eigenvalue weighted by Crippen LogP contribution is 2.05. The highest BCUT2D eigenvalue weighted by molar-refractivity contribution is 5.16. The second kappa shape index (κ2) is 7.23. The molecular weight excluding hydrogens is 282 g/mol. The van der Waals surface area contributed by atoms with E-state index in [0.29, 0.717) is 0 Å². The monoisotopic (exact) mass is 299 g/mol. The molecule has 0 aliphatic heterocycles. The second-order valence-corrected chi connectivity index (χ2v) is 4.56. The summed E-state index contributed by atoms with van der Waals surface area (Å²) in [4.78, 5) is 0. The number of hydrogen-bond acceptors (Lipinski definition) is 6. The molecule has 0 saturated carbocycles. The van der Waals surface area contributed by atoms with Gasteiger partial charge in [0, 0.05) is 11.3 Å². The smallest absolute Gasteiger partial charge is 0.289 e. The molecule has 0 unspecified atom stereocenters. The van der Waals surface area contributed by atoms with Gasteiger partial charge in [0.2, 0.25) is 0 Å². The summed E-state index contributed by atoms with van der Waals surface area (Å²) in [6.07, 6.45) is 0. The third-order valence-electron chi connectivity index (χ3n) is 2.78. The molecule has 2 heterocycles. The molecule has 0 aliphatic rings. The molecule has 0 spiro atoms. The molecule has 1 aromatic carbocycles. The molecule has 0 bridgehead atoms. The molecule has 0 amide bonds. The van der Waals surface area contributed by atoms with Gasteiger partial charge in [-0.15, -0.1) is 20.4 Å². The van der Waals surface area contributed by atoms with E-state index in [1.807, 2.05) is 38.1 Å². The summed E-state index contributed by atoms with van der Waals surface area (Å²) in [5.41, 5.74) is 6.76. The van der Waals surface area contributed by atoms with Crippen LogP contribution in [0.5, 0.6) is 6.01 Å². The average molecular weight is 299 g/mol. The third-order valence-corrected chi connectivity index (χ3v) is 2.78. The standard InChI is InChI=1S/C7H8N6O.C7H9N/c1-4-3-5(2)13(12-4)6-8-10-7(14)11-9-6;8-6-7-4-2-1-3-5-7/h3H,1-2H3,(H,10,11,14);1-5H,6,8H2. The van der Waals surface area contributed by atoms with Crippen molar-refractivity contribution in [1.29, 1.82) is 0 Å². The van der Waals surface area contributed by atoms with Crippen LogP contribution in [0.15, 0.2) is 36.4 Å².